The SMILES string of the molecule is CC(=O)Nc1cc(COc2ccc(NC(=O)Nc3cc(C(C)(C)C)nn3-c3ccc(O)nc3)c(C)c2C)ccn1. The summed E-state index contributed by atoms with van der Waals surface area (Å²) in [5, 5.41) is 22.7. The summed E-state index contributed by atoms with van der Waals surface area (Å²) >= 11 is 0. The quantitative estimate of drug-likeness (QED) is 0.242. The van der Waals surface area contributed by atoms with Crippen molar-refractivity contribution in [1.29, 1.82) is 0 Å². The number of rotatable bonds is 7. The Morgan fingerprint density at radius 2 is 1.75 bits per heavy atom. The van der Waals surface area contributed by atoms with Crippen molar-refractivity contribution in [3.05, 3.63) is 77.2 Å². The third-order valence-corrected chi connectivity index (χ3v) is 6.20. The van der Waals surface area contributed by atoms with Gasteiger partial charge in [0.1, 0.15) is 24.0 Å². The summed E-state index contributed by atoms with van der Waals surface area (Å²) in [7, 11) is 0. The number of benzene rings is 1. The Labute approximate surface area is 232 Å². The second kappa shape index (κ2) is 11.4. The van der Waals surface area contributed by atoms with Gasteiger partial charge in [-0.05, 0) is 60.9 Å². The second-order valence-electron chi connectivity index (χ2n) is 10.4. The molecule has 1 aromatic carbocycles. The Morgan fingerprint density at radius 1 is 0.975 bits per heavy atom. The number of hydrogen-bond donors (Lipinski definition) is 4. The lowest BCUT2D eigenvalue weighted by atomic mass is 9.92. The Kier molecular flexibility index (Phi) is 8.03. The fourth-order valence-electron chi connectivity index (χ4n) is 3.87. The van der Waals surface area contributed by atoms with E-state index in [4.69, 9.17) is 4.74 Å². The zero-order valence-electron chi connectivity index (χ0n) is 23.4. The maximum absolute atomic E-state index is 13.1. The summed E-state index contributed by atoms with van der Waals surface area (Å²) in [6, 6.07) is 11.7. The third kappa shape index (κ3) is 6.73. The number of ether oxygens (including phenoxy) is 1. The summed E-state index contributed by atoms with van der Waals surface area (Å²) in [5.74, 6) is 1.30. The smallest absolute Gasteiger partial charge is 0.324 e. The van der Waals surface area contributed by atoms with Crippen molar-refractivity contribution < 1.29 is 19.4 Å². The highest BCUT2D eigenvalue weighted by atomic mass is 16.5. The maximum Gasteiger partial charge on any atom is 0.324 e. The molecule has 11 nitrogen and oxygen atoms in total. The fourth-order valence-corrected chi connectivity index (χ4v) is 3.87. The summed E-state index contributed by atoms with van der Waals surface area (Å²) in [6.45, 7) is 11.6. The van der Waals surface area contributed by atoms with Gasteiger partial charge in [0.15, 0.2) is 0 Å². The van der Waals surface area contributed by atoms with Gasteiger partial charge < -0.3 is 20.5 Å². The van der Waals surface area contributed by atoms with Crippen molar-refractivity contribution in [2.75, 3.05) is 16.0 Å². The highest BCUT2D eigenvalue weighted by Gasteiger charge is 2.22. The van der Waals surface area contributed by atoms with Crippen LogP contribution in [0.5, 0.6) is 11.6 Å². The minimum atomic E-state index is -0.438. The van der Waals surface area contributed by atoms with Gasteiger partial charge in [0.25, 0.3) is 0 Å². The molecular weight excluding hydrogens is 510 g/mol. The summed E-state index contributed by atoms with van der Waals surface area (Å²) in [4.78, 5) is 32.4. The average molecular weight is 544 g/mol. The molecule has 0 saturated carbocycles. The molecule has 0 aliphatic heterocycles. The van der Waals surface area contributed by atoms with Crippen LogP contribution in [0.2, 0.25) is 0 Å². The van der Waals surface area contributed by atoms with E-state index in [0.717, 1.165) is 22.4 Å². The fraction of sp³-hybridized carbons (Fsp3) is 0.276. The van der Waals surface area contributed by atoms with E-state index in [1.54, 1.807) is 35.1 Å². The Balaban J connectivity index is 1.48. The van der Waals surface area contributed by atoms with E-state index in [9.17, 15) is 14.7 Å². The highest BCUT2D eigenvalue weighted by molar-refractivity contribution is 6.00. The van der Waals surface area contributed by atoms with Crippen molar-refractivity contribution in [3.8, 4) is 17.3 Å². The molecule has 0 unspecified atom stereocenters. The van der Waals surface area contributed by atoms with E-state index in [1.807, 2.05) is 46.8 Å². The lowest BCUT2D eigenvalue weighted by Crippen LogP contribution is -2.22. The van der Waals surface area contributed by atoms with Crippen molar-refractivity contribution in [1.82, 2.24) is 19.7 Å². The first kappa shape index (κ1) is 28.1. The van der Waals surface area contributed by atoms with Crippen molar-refractivity contribution in [2.24, 2.45) is 0 Å². The molecule has 4 rings (SSSR count). The van der Waals surface area contributed by atoms with Crippen LogP contribution in [0.3, 0.4) is 0 Å². The molecule has 0 aliphatic rings. The number of carbonyl (C=O) groups is 2. The minimum Gasteiger partial charge on any atom is -0.493 e. The molecule has 3 aromatic heterocycles. The van der Waals surface area contributed by atoms with Crippen LogP contribution in [0.15, 0.2) is 54.9 Å². The predicted octanol–water partition coefficient (Wildman–Crippen LogP) is 5.46. The molecule has 0 spiro atoms. The van der Waals surface area contributed by atoms with Crippen molar-refractivity contribution >= 4 is 29.3 Å². The zero-order valence-corrected chi connectivity index (χ0v) is 23.4. The van der Waals surface area contributed by atoms with Crippen LogP contribution in [0, 0.1) is 13.8 Å². The second-order valence-corrected chi connectivity index (χ2v) is 10.4. The van der Waals surface area contributed by atoms with E-state index in [1.165, 1.54) is 19.2 Å². The number of amides is 3. The Hall–Kier alpha value is -4.93. The molecule has 0 saturated heterocycles. The highest BCUT2D eigenvalue weighted by Crippen LogP contribution is 2.30. The van der Waals surface area contributed by atoms with Crippen LogP contribution >= 0.6 is 0 Å². The van der Waals surface area contributed by atoms with Gasteiger partial charge in [-0.25, -0.2) is 19.4 Å². The van der Waals surface area contributed by atoms with Gasteiger partial charge in [0.2, 0.25) is 11.8 Å². The Morgan fingerprint density at radius 3 is 2.42 bits per heavy atom. The van der Waals surface area contributed by atoms with Gasteiger partial charge in [-0.15, -0.1) is 0 Å². The van der Waals surface area contributed by atoms with Crippen LogP contribution in [0.25, 0.3) is 5.69 Å². The first-order chi connectivity index (χ1) is 18.9. The Bertz CT molecular complexity index is 1540. The van der Waals surface area contributed by atoms with Crippen molar-refractivity contribution in [2.45, 2.75) is 53.6 Å². The molecule has 11 heteroatoms. The first-order valence-corrected chi connectivity index (χ1v) is 12.7. The molecule has 0 fully saturated rings. The largest absolute Gasteiger partial charge is 0.493 e. The number of nitrogens with one attached hydrogen (secondary N) is 3. The van der Waals surface area contributed by atoms with Crippen LogP contribution in [-0.2, 0) is 16.8 Å². The van der Waals surface area contributed by atoms with E-state index in [0.29, 0.717) is 28.8 Å². The van der Waals surface area contributed by atoms with Crippen LogP contribution < -0.4 is 20.7 Å². The topological polar surface area (TPSA) is 143 Å². The summed E-state index contributed by atoms with van der Waals surface area (Å²) < 4.78 is 7.60. The average Bonchev–Trinajstić information content (AvgIpc) is 3.31. The minimum absolute atomic E-state index is 0.104. The lowest BCUT2D eigenvalue weighted by molar-refractivity contribution is -0.114. The van der Waals surface area contributed by atoms with Crippen LogP contribution in [-0.4, -0.2) is 36.8 Å². The number of pyridine rings is 2. The molecule has 4 aromatic rings. The monoisotopic (exact) mass is 543 g/mol. The molecule has 0 aliphatic carbocycles. The number of nitrogens with zero attached hydrogens (tertiary/aromatic N) is 4. The molecule has 0 radical (unpaired) electrons. The van der Waals surface area contributed by atoms with E-state index >= 15 is 0 Å². The number of urea groups is 1. The number of aromatic nitrogens is 4. The van der Waals surface area contributed by atoms with Gasteiger partial charge >= 0.3 is 6.03 Å². The standard InChI is InChI=1S/C29H33N7O4/c1-17-18(2)23(40-16-20-11-12-30-25(13-20)32-19(3)37)9-8-22(17)33-28(39)34-26-14-24(29(4,5)6)35-36(26)21-7-10-27(38)31-15-21/h7-15H,16H2,1-6H3,(H,31,38)(H,30,32,37)(H2,33,34,39). The lowest BCUT2D eigenvalue weighted by Gasteiger charge is -2.16. The zero-order chi connectivity index (χ0) is 29.0. The van der Waals surface area contributed by atoms with Crippen LogP contribution in [0.4, 0.5) is 22.1 Å². The molecule has 3 heterocycles. The number of aromatic hydroxyl groups is 1. The van der Waals surface area contributed by atoms with Crippen LogP contribution in [0.1, 0.15) is 50.1 Å². The summed E-state index contributed by atoms with van der Waals surface area (Å²) in [6.07, 6.45) is 3.10. The van der Waals surface area contributed by atoms with Crippen molar-refractivity contribution in [3.63, 3.8) is 0 Å². The first-order valence-electron chi connectivity index (χ1n) is 12.7. The van der Waals surface area contributed by atoms with E-state index in [2.05, 4.69) is 31.0 Å². The molecule has 3 amide bonds. The normalized spacial score (nSPS) is 11.2. The number of hydrogen-bond acceptors (Lipinski definition) is 7. The van der Waals surface area contributed by atoms with Gasteiger partial charge in [-0.1, -0.05) is 20.8 Å². The molecular formula is C29H33N7O4. The van der Waals surface area contributed by atoms with Gasteiger partial charge in [-0.2, -0.15) is 5.10 Å². The molecule has 0 bridgehead atoms. The molecule has 208 valence electrons. The van der Waals surface area contributed by atoms with E-state index in [-0.39, 0.29) is 23.8 Å². The van der Waals surface area contributed by atoms with Gasteiger partial charge in [-0.3, -0.25) is 10.1 Å². The maximum atomic E-state index is 13.1. The van der Waals surface area contributed by atoms with E-state index < -0.39 is 6.03 Å². The van der Waals surface area contributed by atoms with Gasteiger partial charge in [0.05, 0.1) is 17.6 Å². The molecule has 40 heavy (non-hydrogen) atoms. The third-order valence-electron chi connectivity index (χ3n) is 6.20. The number of carbonyl (C=O) groups excluding carboxylic acids is 2. The molecule has 4 N–H and O–H groups in total. The number of anilines is 3. The van der Waals surface area contributed by atoms with Gasteiger partial charge in [0, 0.05) is 36.4 Å². The molecule has 0 atom stereocenters. The summed E-state index contributed by atoms with van der Waals surface area (Å²) in [5.41, 5.74) is 4.34. The predicted molar refractivity (Wildman–Crippen MR) is 153 cm³/mol.